The van der Waals surface area contributed by atoms with E-state index in [9.17, 15) is 30.0 Å². The highest BCUT2D eigenvalue weighted by molar-refractivity contribution is 5.75. The third-order valence-corrected chi connectivity index (χ3v) is 4.22. The van der Waals surface area contributed by atoms with Crippen molar-refractivity contribution in [3.8, 4) is 0 Å². The number of carboxylic acid groups (broad SMARTS) is 1. The molecule has 0 aliphatic carbocycles. The minimum atomic E-state index is -2.38. The summed E-state index contributed by atoms with van der Waals surface area (Å²) in [5.41, 5.74) is 0. The molecule has 1 heterocycles. The van der Waals surface area contributed by atoms with Gasteiger partial charge in [-0.15, -0.1) is 0 Å². The minimum absolute atomic E-state index is 0.560. The molecule has 11 nitrogen and oxygen atoms in total. The van der Waals surface area contributed by atoms with E-state index in [-0.39, 0.29) is 0 Å². The van der Waals surface area contributed by atoms with E-state index in [0.717, 1.165) is 21.3 Å². The van der Waals surface area contributed by atoms with Crippen LogP contribution in [0.5, 0.6) is 0 Å². The van der Waals surface area contributed by atoms with Crippen LogP contribution in [0.3, 0.4) is 0 Å². The van der Waals surface area contributed by atoms with Crippen LogP contribution in [0.2, 0.25) is 0 Å². The lowest BCUT2D eigenvalue weighted by molar-refractivity contribution is -0.405. The van der Waals surface area contributed by atoms with Gasteiger partial charge in [0.25, 0.3) is 0 Å². The summed E-state index contributed by atoms with van der Waals surface area (Å²) in [6.45, 7) is 0.334. The first-order valence-electron chi connectivity index (χ1n) is 7.42. The zero-order valence-corrected chi connectivity index (χ0v) is 14.4. The number of carbonyl (C=O) groups is 2. The summed E-state index contributed by atoms with van der Waals surface area (Å²) in [7, 11) is 3.26. The van der Waals surface area contributed by atoms with Crippen molar-refractivity contribution in [3.05, 3.63) is 0 Å². The lowest BCUT2D eigenvalue weighted by Gasteiger charge is -2.52. The Morgan fingerprint density at radius 2 is 1.96 bits per heavy atom. The number of hydrogen-bond donors (Lipinski definition) is 4. The molecule has 0 bridgehead atoms. The van der Waals surface area contributed by atoms with Gasteiger partial charge in [0.2, 0.25) is 17.5 Å². The average molecular weight is 366 g/mol. The molecule has 0 spiro atoms. The molecule has 0 aromatic rings. The minimum Gasteiger partial charge on any atom is -0.544 e. The van der Waals surface area contributed by atoms with E-state index in [1.165, 1.54) is 6.92 Å². The standard InChI is InChI=1S/C14H25NO10/c1-7(17)15-10-8(18)5-13(22-2,12(20)21)25-11(10)14(23-3,24-4)9(19)6-16/h8-11,16,18-19H,5-6H2,1-4H3,(H,15,17)(H,20,21)/p-1/t8-,9+,10+,11+,13-/m0/s1. The highest BCUT2D eigenvalue weighted by atomic mass is 16.8. The van der Waals surface area contributed by atoms with Crippen LogP contribution in [-0.4, -0.2) is 91.1 Å². The molecule has 0 saturated carbocycles. The monoisotopic (exact) mass is 366 g/mol. The summed E-state index contributed by atoms with van der Waals surface area (Å²) in [4.78, 5) is 23.0. The summed E-state index contributed by atoms with van der Waals surface area (Å²) in [5.74, 6) is -6.84. The lowest BCUT2D eigenvalue weighted by Crippen LogP contribution is -2.74. The van der Waals surface area contributed by atoms with Gasteiger partial charge in [0, 0.05) is 34.7 Å². The number of aliphatic hydroxyl groups excluding tert-OH is 3. The summed E-state index contributed by atoms with van der Waals surface area (Å²) in [6.07, 6.45) is -5.32. The number of rotatable bonds is 8. The van der Waals surface area contributed by atoms with Gasteiger partial charge in [-0.05, 0) is 0 Å². The normalized spacial score (nSPS) is 31.4. The van der Waals surface area contributed by atoms with Gasteiger partial charge >= 0.3 is 0 Å². The molecular formula is C14H24NO10-. The molecule has 1 amide bonds. The molecule has 0 radical (unpaired) electrons. The molecule has 0 aromatic carbocycles. The molecule has 1 aliphatic rings. The number of aliphatic carboxylic acids is 1. The maximum atomic E-state index is 11.5. The molecule has 1 fully saturated rings. The summed E-state index contributed by atoms with van der Waals surface area (Å²) in [5, 5.41) is 43.8. The quantitative estimate of drug-likeness (QED) is 0.311. The Kier molecular flexibility index (Phi) is 7.26. The number of aliphatic hydroxyl groups is 3. The second-order valence-electron chi connectivity index (χ2n) is 5.61. The van der Waals surface area contributed by atoms with Crippen LogP contribution in [0, 0.1) is 0 Å². The topological polar surface area (TPSA) is 167 Å². The first-order chi connectivity index (χ1) is 11.6. The summed E-state index contributed by atoms with van der Waals surface area (Å²) >= 11 is 0. The zero-order chi connectivity index (χ0) is 19.4. The number of nitrogens with one attached hydrogen (secondary N) is 1. The Hall–Kier alpha value is -1.34. The third-order valence-electron chi connectivity index (χ3n) is 4.22. The molecular weight excluding hydrogens is 342 g/mol. The fraction of sp³-hybridized carbons (Fsp3) is 0.857. The van der Waals surface area contributed by atoms with Gasteiger partial charge in [-0.2, -0.15) is 0 Å². The van der Waals surface area contributed by atoms with Crippen LogP contribution < -0.4 is 10.4 Å². The summed E-state index contributed by atoms with van der Waals surface area (Å²) < 4.78 is 20.7. The molecule has 146 valence electrons. The highest BCUT2D eigenvalue weighted by Crippen LogP contribution is 2.38. The average Bonchev–Trinajstić information content (AvgIpc) is 2.57. The molecule has 5 atom stereocenters. The molecule has 0 unspecified atom stereocenters. The van der Waals surface area contributed by atoms with Gasteiger partial charge in [-0.1, -0.05) is 0 Å². The van der Waals surface area contributed by atoms with E-state index in [0.29, 0.717) is 0 Å². The first-order valence-corrected chi connectivity index (χ1v) is 7.42. The smallest absolute Gasteiger partial charge is 0.225 e. The lowest BCUT2D eigenvalue weighted by atomic mass is 9.86. The van der Waals surface area contributed by atoms with Gasteiger partial charge in [0.05, 0.1) is 18.8 Å². The van der Waals surface area contributed by atoms with Crippen LogP contribution in [0.1, 0.15) is 13.3 Å². The Labute approximate surface area is 144 Å². The summed E-state index contributed by atoms with van der Waals surface area (Å²) in [6, 6.07) is -1.23. The number of amides is 1. The molecule has 11 heteroatoms. The van der Waals surface area contributed by atoms with Gasteiger partial charge < -0.3 is 49.5 Å². The largest absolute Gasteiger partial charge is 0.544 e. The van der Waals surface area contributed by atoms with Crippen molar-refractivity contribution in [2.75, 3.05) is 27.9 Å². The van der Waals surface area contributed by atoms with Crippen molar-refractivity contribution in [1.82, 2.24) is 5.32 Å². The van der Waals surface area contributed by atoms with E-state index in [4.69, 9.17) is 18.9 Å². The fourth-order valence-electron chi connectivity index (χ4n) is 2.92. The first kappa shape index (κ1) is 21.7. The van der Waals surface area contributed by atoms with Crippen LogP contribution in [0.25, 0.3) is 0 Å². The SMILES string of the molecule is COC(OC)([C@H](O)CO)[C@@H]1O[C@](OC)(C(=O)[O-])C[C@H](O)[C@H]1NC(C)=O. The van der Waals surface area contributed by atoms with Gasteiger partial charge in [0.1, 0.15) is 18.2 Å². The third kappa shape index (κ3) is 3.92. The molecule has 1 saturated heterocycles. The van der Waals surface area contributed by atoms with E-state index < -0.39 is 60.8 Å². The number of methoxy groups -OCH3 is 3. The Balaban J connectivity index is 3.46. The zero-order valence-electron chi connectivity index (χ0n) is 14.4. The van der Waals surface area contributed by atoms with E-state index in [1.807, 2.05) is 0 Å². The Morgan fingerprint density at radius 3 is 2.32 bits per heavy atom. The molecule has 25 heavy (non-hydrogen) atoms. The molecule has 1 rings (SSSR count). The van der Waals surface area contributed by atoms with Gasteiger partial charge in [-0.3, -0.25) is 4.79 Å². The Morgan fingerprint density at radius 1 is 1.40 bits per heavy atom. The van der Waals surface area contributed by atoms with Gasteiger partial charge in [0.15, 0.2) is 0 Å². The van der Waals surface area contributed by atoms with Crippen molar-refractivity contribution in [2.45, 2.75) is 49.3 Å². The van der Waals surface area contributed by atoms with Crippen LogP contribution in [0.15, 0.2) is 0 Å². The molecule has 1 aliphatic heterocycles. The van der Waals surface area contributed by atoms with Crippen molar-refractivity contribution < 1.29 is 49.0 Å². The highest BCUT2D eigenvalue weighted by Gasteiger charge is 2.59. The number of carboxylic acids is 1. The predicted molar refractivity (Wildman–Crippen MR) is 77.7 cm³/mol. The second kappa shape index (κ2) is 8.36. The van der Waals surface area contributed by atoms with Crippen LogP contribution in [-0.2, 0) is 28.5 Å². The number of carbonyl (C=O) groups excluding carboxylic acids is 2. The van der Waals surface area contributed by atoms with Crippen molar-refractivity contribution in [3.63, 3.8) is 0 Å². The predicted octanol–water partition coefficient (Wildman–Crippen LogP) is -3.92. The number of hydrogen-bond acceptors (Lipinski definition) is 10. The van der Waals surface area contributed by atoms with Crippen LogP contribution >= 0.6 is 0 Å². The van der Waals surface area contributed by atoms with E-state index >= 15 is 0 Å². The fourth-order valence-corrected chi connectivity index (χ4v) is 2.92. The van der Waals surface area contributed by atoms with Crippen molar-refractivity contribution in [1.29, 1.82) is 0 Å². The maximum absolute atomic E-state index is 11.5. The van der Waals surface area contributed by atoms with E-state index in [2.05, 4.69) is 5.32 Å². The maximum Gasteiger partial charge on any atom is 0.225 e. The molecule has 4 N–H and O–H groups in total. The van der Waals surface area contributed by atoms with Crippen LogP contribution in [0.4, 0.5) is 0 Å². The van der Waals surface area contributed by atoms with Crippen molar-refractivity contribution in [2.24, 2.45) is 0 Å². The van der Waals surface area contributed by atoms with E-state index in [1.54, 1.807) is 0 Å². The second-order valence-corrected chi connectivity index (χ2v) is 5.61. The Bertz CT molecular complexity index is 482. The number of ether oxygens (including phenoxy) is 4. The van der Waals surface area contributed by atoms with Gasteiger partial charge in [-0.25, -0.2) is 0 Å². The molecule has 0 aromatic heterocycles. The van der Waals surface area contributed by atoms with Crippen molar-refractivity contribution >= 4 is 11.9 Å².